The van der Waals surface area contributed by atoms with Gasteiger partial charge in [-0.15, -0.1) is 0 Å². The molecule has 2 aromatic carbocycles. The first-order valence-corrected chi connectivity index (χ1v) is 10.5. The van der Waals surface area contributed by atoms with Gasteiger partial charge in [-0.3, -0.25) is 4.79 Å². The SMILES string of the molecule is CCCOC(=O)c1ccc(NC(=S)NC(=O)CCCOc2ccc(Cl)cc2Cl)cc1. The lowest BCUT2D eigenvalue weighted by atomic mass is 10.2. The van der Waals surface area contributed by atoms with Crippen LogP contribution in [0, 0.1) is 0 Å². The number of halogens is 2. The van der Waals surface area contributed by atoms with Crippen LogP contribution in [0.25, 0.3) is 0 Å². The van der Waals surface area contributed by atoms with Crippen LogP contribution in [0.3, 0.4) is 0 Å². The molecule has 160 valence electrons. The first-order chi connectivity index (χ1) is 14.4. The summed E-state index contributed by atoms with van der Waals surface area (Å²) in [6.07, 6.45) is 1.48. The van der Waals surface area contributed by atoms with Crippen LogP contribution < -0.4 is 15.4 Å². The Kier molecular flexibility index (Phi) is 9.86. The minimum absolute atomic E-state index is 0.169. The van der Waals surface area contributed by atoms with E-state index in [4.69, 9.17) is 44.9 Å². The van der Waals surface area contributed by atoms with Gasteiger partial charge in [-0.05, 0) is 67.5 Å². The van der Waals surface area contributed by atoms with E-state index >= 15 is 0 Å². The predicted molar refractivity (Wildman–Crippen MR) is 123 cm³/mol. The molecule has 0 aliphatic carbocycles. The molecular formula is C21H22Cl2N2O4S. The first kappa shape index (κ1) is 23.9. The van der Waals surface area contributed by atoms with Gasteiger partial charge in [-0.25, -0.2) is 4.79 Å². The molecule has 6 nitrogen and oxygen atoms in total. The molecule has 2 rings (SSSR count). The van der Waals surface area contributed by atoms with E-state index in [1.807, 2.05) is 6.92 Å². The highest BCUT2D eigenvalue weighted by molar-refractivity contribution is 7.80. The number of anilines is 1. The minimum atomic E-state index is -0.374. The number of carbonyl (C=O) groups excluding carboxylic acids is 2. The predicted octanol–water partition coefficient (Wildman–Crippen LogP) is 5.23. The third kappa shape index (κ3) is 8.18. The van der Waals surface area contributed by atoms with Gasteiger partial charge in [-0.1, -0.05) is 30.1 Å². The van der Waals surface area contributed by atoms with Crippen LogP contribution in [0.4, 0.5) is 5.69 Å². The van der Waals surface area contributed by atoms with Crippen LogP contribution in [0.2, 0.25) is 10.0 Å². The molecule has 0 heterocycles. The zero-order valence-electron chi connectivity index (χ0n) is 16.4. The molecule has 0 aliphatic rings. The van der Waals surface area contributed by atoms with Crippen molar-refractivity contribution in [2.24, 2.45) is 0 Å². The molecule has 9 heteroatoms. The molecule has 0 fully saturated rings. The minimum Gasteiger partial charge on any atom is -0.492 e. The van der Waals surface area contributed by atoms with E-state index in [1.165, 1.54) is 0 Å². The van der Waals surface area contributed by atoms with Gasteiger partial charge in [0.05, 0.1) is 23.8 Å². The molecule has 30 heavy (non-hydrogen) atoms. The molecule has 0 aliphatic heterocycles. The first-order valence-electron chi connectivity index (χ1n) is 9.35. The Hall–Kier alpha value is -2.35. The Labute approximate surface area is 190 Å². The topological polar surface area (TPSA) is 76.7 Å². The molecule has 0 spiro atoms. The van der Waals surface area contributed by atoms with Crippen LogP contribution in [0.15, 0.2) is 42.5 Å². The fourth-order valence-electron chi connectivity index (χ4n) is 2.33. The van der Waals surface area contributed by atoms with Gasteiger partial charge in [0.2, 0.25) is 5.91 Å². The molecule has 2 N–H and O–H groups in total. The number of amides is 1. The molecule has 0 bridgehead atoms. The lowest BCUT2D eigenvalue weighted by molar-refractivity contribution is -0.119. The number of thiocarbonyl (C=S) groups is 1. The van der Waals surface area contributed by atoms with Gasteiger partial charge in [0.15, 0.2) is 5.11 Å². The second-order valence-corrected chi connectivity index (χ2v) is 7.49. The lowest BCUT2D eigenvalue weighted by Gasteiger charge is -2.11. The summed E-state index contributed by atoms with van der Waals surface area (Å²) < 4.78 is 10.6. The number of hydrogen-bond donors (Lipinski definition) is 2. The number of carbonyl (C=O) groups is 2. The second-order valence-electron chi connectivity index (χ2n) is 6.24. The molecule has 0 unspecified atom stereocenters. The summed E-state index contributed by atoms with van der Waals surface area (Å²) in [6, 6.07) is 11.6. The highest BCUT2D eigenvalue weighted by Gasteiger charge is 2.09. The van der Waals surface area contributed by atoms with Crippen molar-refractivity contribution in [1.82, 2.24) is 5.32 Å². The summed E-state index contributed by atoms with van der Waals surface area (Å²) in [6.45, 7) is 2.63. The Bertz CT molecular complexity index is 891. The summed E-state index contributed by atoms with van der Waals surface area (Å²) in [5.41, 5.74) is 1.10. The molecule has 0 atom stereocenters. The van der Waals surface area contributed by atoms with Crippen molar-refractivity contribution in [2.45, 2.75) is 26.2 Å². The standard InChI is InChI=1S/C21H22Cl2N2O4S/c1-2-11-29-20(27)14-5-8-16(9-6-14)24-21(30)25-19(26)4-3-12-28-18-10-7-15(22)13-17(18)23/h5-10,13H,2-4,11-12H2,1H3,(H2,24,25,26,30). The second kappa shape index (κ2) is 12.4. The van der Waals surface area contributed by atoms with E-state index in [9.17, 15) is 9.59 Å². The van der Waals surface area contributed by atoms with Crippen molar-refractivity contribution in [2.75, 3.05) is 18.5 Å². The number of esters is 1. The van der Waals surface area contributed by atoms with Crippen molar-refractivity contribution >= 4 is 58.1 Å². The van der Waals surface area contributed by atoms with Gasteiger partial charge >= 0.3 is 5.97 Å². The number of ether oxygens (including phenoxy) is 2. The number of hydrogen-bond acceptors (Lipinski definition) is 5. The normalized spacial score (nSPS) is 10.2. The number of rotatable bonds is 9. The van der Waals surface area contributed by atoms with Gasteiger partial charge in [0.25, 0.3) is 0 Å². The van der Waals surface area contributed by atoms with Crippen LogP contribution in [0.5, 0.6) is 5.75 Å². The molecule has 0 aromatic heterocycles. The average molecular weight is 469 g/mol. The van der Waals surface area contributed by atoms with Crippen molar-refractivity contribution < 1.29 is 19.1 Å². The van der Waals surface area contributed by atoms with Crippen LogP contribution >= 0.6 is 35.4 Å². The Morgan fingerprint density at radius 2 is 1.80 bits per heavy atom. The third-order valence-corrected chi connectivity index (χ3v) is 4.50. The van der Waals surface area contributed by atoms with E-state index in [0.717, 1.165) is 6.42 Å². The van der Waals surface area contributed by atoms with Gasteiger partial charge in [-0.2, -0.15) is 0 Å². The fraction of sp³-hybridized carbons (Fsp3) is 0.286. The quantitative estimate of drug-likeness (QED) is 0.298. The van der Waals surface area contributed by atoms with Crippen molar-refractivity contribution in [3.63, 3.8) is 0 Å². The molecule has 2 aromatic rings. The highest BCUT2D eigenvalue weighted by atomic mass is 35.5. The molecular weight excluding hydrogens is 447 g/mol. The van der Waals surface area contributed by atoms with Gasteiger partial charge < -0.3 is 20.1 Å². The third-order valence-electron chi connectivity index (χ3n) is 3.77. The molecule has 0 radical (unpaired) electrons. The van der Waals surface area contributed by atoms with Crippen molar-refractivity contribution in [3.05, 3.63) is 58.1 Å². The summed E-state index contributed by atoms with van der Waals surface area (Å²) in [7, 11) is 0. The molecule has 0 saturated heterocycles. The maximum atomic E-state index is 12.0. The van der Waals surface area contributed by atoms with E-state index in [-0.39, 0.29) is 23.4 Å². The maximum Gasteiger partial charge on any atom is 0.338 e. The number of nitrogens with one attached hydrogen (secondary N) is 2. The monoisotopic (exact) mass is 468 g/mol. The summed E-state index contributed by atoms with van der Waals surface area (Å²) in [5, 5.41) is 6.61. The summed E-state index contributed by atoms with van der Waals surface area (Å²) in [5.74, 6) is -0.0971. The van der Waals surface area contributed by atoms with E-state index in [0.29, 0.717) is 46.7 Å². The van der Waals surface area contributed by atoms with Gasteiger partial charge in [0.1, 0.15) is 5.75 Å². The van der Waals surface area contributed by atoms with E-state index < -0.39 is 0 Å². The zero-order chi connectivity index (χ0) is 21.9. The Morgan fingerprint density at radius 1 is 1.07 bits per heavy atom. The number of benzene rings is 2. The van der Waals surface area contributed by atoms with Crippen molar-refractivity contribution in [3.8, 4) is 5.75 Å². The lowest BCUT2D eigenvalue weighted by Crippen LogP contribution is -2.34. The smallest absolute Gasteiger partial charge is 0.338 e. The summed E-state index contributed by atoms with van der Waals surface area (Å²) in [4.78, 5) is 23.8. The Balaban J connectivity index is 1.70. The van der Waals surface area contributed by atoms with Crippen LogP contribution in [0.1, 0.15) is 36.5 Å². The van der Waals surface area contributed by atoms with Crippen LogP contribution in [-0.4, -0.2) is 30.2 Å². The zero-order valence-corrected chi connectivity index (χ0v) is 18.7. The van der Waals surface area contributed by atoms with E-state index in [2.05, 4.69) is 10.6 Å². The maximum absolute atomic E-state index is 12.0. The molecule has 1 amide bonds. The molecule has 0 saturated carbocycles. The Morgan fingerprint density at radius 3 is 2.47 bits per heavy atom. The summed E-state index contributed by atoms with van der Waals surface area (Å²) >= 11 is 17.0. The van der Waals surface area contributed by atoms with Crippen molar-refractivity contribution in [1.29, 1.82) is 0 Å². The largest absolute Gasteiger partial charge is 0.492 e. The van der Waals surface area contributed by atoms with Crippen LogP contribution in [-0.2, 0) is 9.53 Å². The van der Waals surface area contributed by atoms with E-state index in [1.54, 1.807) is 42.5 Å². The average Bonchev–Trinajstić information content (AvgIpc) is 2.71. The highest BCUT2D eigenvalue weighted by Crippen LogP contribution is 2.27. The van der Waals surface area contributed by atoms with Gasteiger partial charge in [0, 0.05) is 17.1 Å². The fourth-order valence-corrected chi connectivity index (χ4v) is 3.02.